The maximum Gasteiger partial charge on any atom is 0.373 e. The minimum absolute atomic E-state index is 0.00428. The fourth-order valence-electron chi connectivity index (χ4n) is 3.66. The van der Waals surface area contributed by atoms with E-state index in [2.05, 4.69) is 4.74 Å². The number of hydrogen-bond donors (Lipinski definition) is 0. The predicted octanol–water partition coefficient (Wildman–Crippen LogP) is 4.62. The van der Waals surface area contributed by atoms with E-state index in [1.54, 1.807) is 18.2 Å². The summed E-state index contributed by atoms with van der Waals surface area (Å²) in [5, 5.41) is 10.5. The van der Waals surface area contributed by atoms with Gasteiger partial charge in [0.25, 0.3) is 16.8 Å². The number of aryl methyl sites for hydroxylation is 1. The molecule has 1 saturated heterocycles. The van der Waals surface area contributed by atoms with E-state index in [1.165, 1.54) is 31.4 Å². The van der Waals surface area contributed by atoms with Crippen LogP contribution >= 0.6 is 11.8 Å². The van der Waals surface area contributed by atoms with Gasteiger partial charge in [-0.05, 0) is 67.6 Å². The van der Waals surface area contributed by atoms with Crippen LogP contribution in [0.15, 0.2) is 51.8 Å². The quantitative estimate of drug-likeness (QED) is 0.216. The van der Waals surface area contributed by atoms with Crippen molar-refractivity contribution in [3.8, 4) is 5.69 Å². The number of methoxy groups -OCH3 is 1. The van der Waals surface area contributed by atoms with Crippen LogP contribution in [0, 0.1) is 24.0 Å². The number of aromatic nitrogens is 1. The number of carbonyl (C=O) groups is 3. The summed E-state index contributed by atoms with van der Waals surface area (Å²) in [5.74, 6) is -0.853. The van der Waals surface area contributed by atoms with E-state index in [-0.39, 0.29) is 28.7 Å². The monoisotopic (exact) mass is 481 g/mol. The van der Waals surface area contributed by atoms with E-state index in [0.717, 1.165) is 39.3 Å². The lowest BCUT2D eigenvalue weighted by atomic mass is 10.2. The molecule has 0 N–H and O–H groups in total. The minimum atomic E-state index is -0.649. The highest BCUT2D eigenvalue weighted by molar-refractivity contribution is 8.18. The molecule has 1 aliphatic heterocycles. The number of amides is 2. The SMILES string of the molecule is COC(=O)c1ccc(CN2C(=O)SC(=Cc3cc(C)n(-c4ccc([N+](=O)[O-])cc4)c3C)C2=O)o1. The molecule has 174 valence electrons. The lowest BCUT2D eigenvalue weighted by Crippen LogP contribution is -2.27. The Hall–Kier alpha value is -4.12. The smallest absolute Gasteiger partial charge is 0.373 e. The van der Waals surface area contributed by atoms with Crippen LogP contribution in [0.2, 0.25) is 0 Å². The third-order valence-electron chi connectivity index (χ3n) is 5.31. The highest BCUT2D eigenvalue weighted by Crippen LogP contribution is 2.35. The molecule has 0 atom stereocenters. The van der Waals surface area contributed by atoms with Gasteiger partial charge in [0.05, 0.1) is 23.5 Å². The average molecular weight is 481 g/mol. The Morgan fingerprint density at radius 2 is 1.88 bits per heavy atom. The number of non-ortho nitro benzene ring substituents is 1. The Labute approximate surface area is 197 Å². The number of esters is 1. The van der Waals surface area contributed by atoms with Crippen molar-refractivity contribution in [3.05, 3.63) is 86.0 Å². The molecule has 2 amide bonds. The molecule has 0 bridgehead atoms. The Morgan fingerprint density at radius 1 is 1.18 bits per heavy atom. The van der Waals surface area contributed by atoms with Gasteiger partial charge in [0.1, 0.15) is 5.76 Å². The summed E-state index contributed by atoms with van der Waals surface area (Å²) in [4.78, 5) is 48.7. The van der Waals surface area contributed by atoms with Crippen LogP contribution in [0.3, 0.4) is 0 Å². The fraction of sp³-hybridized carbons (Fsp3) is 0.174. The zero-order valence-electron chi connectivity index (χ0n) is 18.4. The number of rotatable bonds is 6. The number of hydrogen-bond acceptors (Lipinski definition) is 8. The number of nitro benzene ring substituents is 1. The second kappa shape index (κ2) is 9.02. The Kier molecular flexibility index (Phi) is 6.12. The molecule has 4 rings (SSSR count). The molecule has 0 spiro atoms. The van der Waals surface area contributed by atoms with Crippen molar-refractivity contribution in [2.45, 2.75) is 20.4 Å². The predicted molar refractivity (Wildman–Crippen MR) is 123 cm³/mol. The molecule has 34 heavy (non-hydrogen) atoms. The van der Waals surface area contributed by atoms with Crippen molar-refractivity contribution >= 4 is 40.6 Å². The van der Waals surface area contributed by atoms with E-state index in [9.17, 15) is 24.5 Å². The van der Waals surface area contributed by atoms with Crippen LogP contribution in [0.5, 0.6) is 0 Å². The Balaban J connectivity index is 1.57. The number of carbonyl (C=O) groups excluding carboxylic acids is 3. The van der Waals surface area contributed by atoms with Crippen molar-refractivity contribution in [2.75, 3.05) is 7.11 Å². The van der Waals surface area contributed by atoms with E-state index in [4.69, 9.17) is 4.42 Å². The largest absolute Gasteiger partial charge is 0.463 e. The summed E-state index contributed by atoms with van der Waals surface area (Å²) in [7, 11) is 1.23. The Morgan fingerprint density at radius 3 is 2.53 bits per heavy atom. The molecule has 11 heteroatoms. The number of furan rings is 1. The molecule has 1 aromatic carbocycles. The molecule has 10 nitrogen and oxygen atoms in total. The van der Waals surface area contributed by atoms with Crippen LogP contribution < -0.4 is 0 Å². The lowest BCUT2D eigenvalue weighted by Gasteiger charge is -2.10. The van der Waals surface area contributed by atoms with Gasteiger partial charge < -0.3 is 13.7 Å². The van der Waals surface area contributed by atoms with E-state index in [1.807, 2.05) is 24.5 Å². The van der Waals surface area contributed by atoms with Crippen molar-refractivity contribution in [2.24, 2.45) is 0 Å². The number of benzene rings is 1. The fourth-order valence-corrected chi connectivity index (χ4v) is 4.49. The van der Waals surface area contributed by atoms with Crippen LogP contribution in [-0.2, 0) is 16.1 Å². The van der Waals surface area contributed by atoms with Gasteiger partial charge in [0.2, 0.25) is 5.76 Å². The first kappa shape index (κ1) is 23.1. The molecular formula is C23H19N3O7S. The van der Waals surface area contributed by atoms with Crippen molar-refractivity contribution < 1.29 is 28.5 Å². The second-order valence-electron chi connectivity index (χ2n) is 7.46. The van der Waals surface area contributed by atoms with Crippen LogP contribution in [0.25, 0.3) is 11.8 Å². The molecule has 0 radical (unpaired) electrons. The molecule has 0 saturated carbocycles. The third kappa shape index (κ3) is 4.25. The van der Waals surface area contributed by atoms with E-state index < -0.39 is 22.0 Å². The first-order chi connectivity index (χ1) is 16.2. The highest BCUT2D eigenvalue weighted by Gasteiger charge is 2.36. The molecule has 1 aliphatic rings. The molecule has 0 aliphatic carbocycles. The molecule has 1 fully saturated rings. The first-order valence-corrected chi connectivity index (χ1v) is 10.9. The maximum absolute atomic E-state index is 12.9. The summed E-state index contributed by atoms with van der Waals surface area (Å²) in [6.45, 7) is 3.63. The summed E-state index contributed by atoms with van der Waals surface area (Å²) in [6, 6.07) is 11.0. The number of nitro groups is 1. The summed E-state index contributed by atoms with van der Waals surface area (Å²) < 4.78 is 11.9. The van der Waals surface area contributed by atoms with Crippen molar-refractivity contribution in [1.29, 1.82) is 0 Å². The molecule has 3 heterocycles. The van der Waals surface area contributed by atoms with Crippen LogP contribution in [0.1, 0.15) is 33.3 Å². The summed E-state index contributed by atoms with van der Waals surface area (Å²) >= 11 is 0.819. The normalized spacial score (nSPS) is 14.8. The highest BCUT2D eigenvalue weighted by atomic mass is 32.2. The molecule has 0 unspecified atom stereocenters. The number of nitrogens with zero attached hydrogens (tertiary/aromatic N) is 3. The minimum Gasteiger partial charge on any atom is -0.463 e. The third-order valence-corrected chi connectivity index (χ3v) is 6.22. The number of imide groups is 1. The van der Waals surface area contributed by atoms with E-state index in [0.29, 0.717) is 0 Å². The zero-order valence-corrected chi connectivity index (χ0v) is 19.3. The van der Waals surface area contributed by atoms with Crippen molar-refractivity contribution in [1.82, 2.24) is 9.47 Å². The number of ether oxygens (including phenoxy) is 1. The van der Waals surface area contributed by atoms with Crippen molar-refractivity contribution in [3.63, 3.8) is 0 Å². The van der Waals surface area contributed by atoms with Crippen LogP contribution in [-0.4, -0.2) is 38.6 Å². The van der Waals surface area contributed by atoms with Gasteiger partial charge in [0.15, 0.2) is 0 Å². The van der Waals surface area contributed by atoms with E-state index >= 15 is 0 Å². The van der Waals surface area contributed by atoms with Crippen LogP contribution in [0.4, 0.5) is 10.5 Å². The van der Waals surface area contributed by atoms with Gasteiger partial charge >= 0.3 is 5.97 Å². The molecule has 3 aromatic rings. The van der Waals surface area contributed by atoms with Gasteiger partial charge in [-0.2, -0.15) is 0 Å². The topological polar surface area (TPSA) is 125 Å². The van der Waals surface area contributed by atoms with Gasteiger partial charge in [-0.25, -0.2) is 4.79 Å². The van der Waals surface area contributed by atoms with Gasteiger partial charge in [0, 0.05) is 29.2 Å². The summed E-state index contributed by atoms with van der Waals surface area (Å²) in [6.07, 6.45) is 1.65. The zero-order chi connectivity index (χ0) is 24.6. The van der Waals surface area contributed by atoms with Gasteiger partial charge in [-0.1, -0.05) is 0 Å². The summed E-state index contributed by atoms with van der Waals surface area (Å²) in [5.41, 5.74) is 3.16. The maximum atomic E-state index is 12.9. The van der Waals surface area contributed by atoms with Gasteiger partial charge in [-0.15, -0.1) is 0 Å². The number of thioether (sulfide) groups is 1. The average Bonchev–Trinajstić information content (AvgIpc) is 3.47. The standard InChI is InChI=1S/C23H19N3O7S/c1-13-10-15(14(2)25(13)16-4-6-17(7-5-16)26(30)31)11-20-21(27)24(23(29)34-20)12-18-8-9-19(33-18)22(28)32-3/h4-11H,12H2,1-3H3. The Bertz CT molecular complexity index is 1350. The first-order valence-electron chi connectivity index (χ1n) is 10.1. The lowest BCUT2D eigenvalue weighted by molar-refractivity contribution is -0.384. The molecule has 2 aromatic heterocycles. The van der Waals surface area contributed by atoms with Gasteiger partial charge in [-0.3, -0.25) is 24.6 Å². The molecular weight excluding hydrogens is 462 g/mol. The second-order valence-corrected chi connectivity index (χ2v) is 8.45.